The van der Waals surface area contributed by atoms with Crippen LogP contribution in [-0.2, 0) is 15.0 Å². The molecule has 0 saturated carbocycles. The Hall–Kier alpha value is -4.04. The number of aliphatic hydroxyl groups is 1. The first-order valence-electron chi connectivity index (χ1n) is 12.3. The fourth-order valence-electron chi connectivity index (χ4n) is 4.53. The lowest BCUT2D eigenvalue weighted by molar-refractivity contribution is -0.132. The SMILES string of the molecule is CCOc1cc(C2/C(=C(\O)c3cc(C(C)(C)C)ccc3OC)C(=O)C(=O)N2c2ccc(F)c(Cl)c2)ccc1O. The van der Waals surface area contributed by atoms with Gasteiger partial charge in [0.15, 0.2) is 11.5 Å². The number of hydrogen-bond acceptors (Lipinski definition) is 6. The summed E-state index contributed by atoms with van der Waals surface area (Å²) in [6.07, 6.45) is 0. The third-order valence-corrected chi connectivity index (χ3v) is 6.84. The minimum Gasteiger partial charge on any atom is -0.507 e. The summed E-state index contributed by atoms with van der Waals surface area (Å²) in [7, 11) is 1.44. The van der Waals surface area contributed by atoms with Crippen molar-refractivity contribution in [2.45, 2.75) is 39.2 Å². The van der Waals surface area contributed by atoms with Gasteiger partial charge in [0.25, 0.3) is 11.7 Å². The number of aliphatic hydroxyl groups excluding tert-OH is 1. The van der Waals surface area contributed by atoms with Crippen molar-refractivity contribution in [1.82, 2.24) is 0 Å². The van der Waals surface area contributed by atoms with E-state index in [1.54, 1.807) is 19.1 Å². The van der Waals surface area contributed by atoms with Crippen LogP contribution in [0.25, 0.3) is 5.76 Å². The quantitative estimate of drug-likeness (QED) is 0.205. The van der Waals surface area contributed by atoms with E-state index in [0.29, 0.717) is 11.3 Å². The maximum Gasteiger partial charge on any atom is 0.300 e. The summed E-state index contributed by atoms with van der Waals surface area (Å²) in [4.78, 5) is 28.2. The zero-order chi connectivity index (χ0) is 28.6. The van der Waals surface area contributed by atoms with Crippen LogP contribution in [-0.4, -0.2) is 35.6 Å². The second-order valence-electron chi connectivity index (χ2n) is 10.1. The molecule has 2 N–H and O–H groups in total. The topological polar surface area (TPSA) is 96.3 Å². The fourth-order valence-corrected chi connectivity index (χ4v) is 4.70. The largest absolute Gasteiger partial charge is 0.507 e. The molecule has 1 unspecified atom stereocenters. The summed E-state index contributed by atoms with van der Waals surface area (Å²) in [5.74, 6) is -2.74. The number of amides is 1. The number of carbonyl (C=O) groups excluding carboxylic acids is 2. The van der Waals surface area contributed by atoms with Gasteiger partial charge < -0.3 is 19.7 Å². The van der Waals surface area contributed by atoms with Crippen LogP contribution in [0.4, 0.5) is 10.1 Å². The van der Waals surface area contributed by atoms with Crippen molar-refractivity contribution in [3.05, 3.63) is 87.7 Å². The molecule has 1 atom stereocenters. The molecule has 4 rings (SSSR count). The number of aromatic hydroxyl groups is 1. The molecule has 0 aromatic heterocycles. The number of ether oxygens (including phenoxy) is 2. The van der Waals surface area contributed by atoms with Gasteiger partial charge in [0.1, 0.15) is 17.3 Å². The second kappa shape index (κ2) is 10.6. The Kier molecular flexibility index (Phi) is 7.61. The van der Waals surface area contributed by atoms with Crippen molar-refractivity contribution < 1.29 is 33.7 Å². The van der Waals surface area contributed by atoms with Gasteiger partial charge in [-0.2, -0.15) is 0 Å². The summed E-state index contributed by atoms with van der Waals surface area (Å²) in [5.41, 5.74) is 1.11. The first-order valence-corrected chi connectivity index (χ1v) is 12.7. The van der Waals surface area contributed by atoms with Crippen molar-refractivity contribution in [2.24, 2.45) is 0 Å². The molecule has 0 bridgehead atoms. The Morgan fingerprint density at radius 3 is 2.38 bits per heavy atom. The number of anilines is 1. The highest BCUT2D eigenvalue weighted by Gasteiger charge is 2.47. The Morgan fingerprint density at radius 2 is 1.77 bits per heavy atom. The molecule has 3 aromatic rings. The lowest BCUT2D eigenvalue weighted by Crippen LogP contribution is -2.29. The molecule has 39 heavy (non-hydrogen) atoms. The number of halogens is 2. The number of carbonyl (C=O) groups is 2. The van der Waals surface area contributed by atoms with Gasteiger partial charge in [-0.3, -0.25) is 14.5 Å². The highest BCUT2D eigenvalue weighted by atomic mass is 35.5. The molecule has 0 spiro atoms. The predicted molar refractivity (Wildman–Crippen MR) is 147 cm³/mol. The van der Waals surface area contributed by atoms with Gasteiger partial charge in [-0.1, -0.05) is 44.5 Å². The van der Waals surface area contributed by atoms with Crippen LogP contribution in [0.1, 0.15) is 50.4 Å². The highest BCUT2D eigenvalue weighted by Crippen LogP contribution is 2.45. The lowest BCUT2D eigenvalue weighted by Gasteiger charge is -2.26. The molecule has 0 radical (unpaired) electrons. The van der Waals surface area contributed by atoms with E-state index in [2.05, 4.69) is 0 Å². The van der Waals surface area contributed by atoms with E-state index in [4.69, 9.17) is 21.1 Å². The second-order valence-corrected chi connectivity index (χ2v) is 10.5. The van der Waals surface area contributed by atoms with E-state index >= 15 is 0 Å². The lowest BCUT2D eigenvalue weighted by atomic mass is 9.85. The number of ketones is 1. The monoisotopic (exact) mass is 553 g/mol. The number of methoxy groups -OCH3 is 1. The number of rotatable bonds is 6. The molecule has 9 heteroatoms. The molecule has 1 aliphatic heterocycles. The average molecular weight is 554 g/mol. The van der Waals surface area contributed by atoms with Gasteiger partial charge in [0.05, 0.1) is 35.9 Å². The summed E-state index contributed by atoms with van der Waals surface area (Å²) in [6.45, 7) is 8.00. The summed E-state index contributed by atoms with van der Waals surface area (Å²) < 4.78 is 25.0. The summed E-state index contributed by atoms with van der Waals surface area (Å²) in [6, 6.07) is 12.1. The molecule has 1 saturated heterocycles. The third kappa shape index (κ3) is 5.16. The molecular weight excluding hydrogens is 525 g/mol. The van der Waals surface area contributed by atoms with Crippen molar-refractivity contribution in [3.63, 3.8) is 0 Å². The number of nitrogens with zero attached hydrogens (tertiary/aromatic N) is 1. The third-order valence-electron chi connectivity index (χ3n) is 6.55. The van der Waals surface area contributed by atoms with E-state index in [1.807, 2.05) is 26.8 Å². The van der Waals surface area contributed by atoms with E-state index in [1.165, 1.54) is 37.4 Å². The van der Waals surface area contributed by atoms with E-state index < -0.39 is 29.3 Å². The molecule has 1 heterocycles. The molecule has 3 aromatic carbocycles. The highest BCUT2D eigenvalue weighted by molar-refractivity contribution is 6.52. The Bertz CT molecular complexity index is 1490. The van der Waals surface area contributed by atoms with Crippen LogP contribution in [0.5, 0.6) is 17.2 Å². The van der Waals surface area contributed by atoms with Crippen molar-refractivity contribution in [1.29, 1.82) is 0 Å². The van der Waals surface area contributed by atoms with E-state index in [-0.39, 0.29) is 45.4 Å². The zero-order valence-electron chi connectivity index (χ0n) is 22.2. The zero-order valence-corrected chi connectivity index (χ0v) is 23.0. The minimum absolute atomic E-state index is 0.130. The number of benzene rings is 3. The molecule has 1 fully saturated rings. The van der Waals surface area contributed by atoms with Gasteiger partial charge in [-0.15, -0.1) is 0 Å². The van der Waals surface area contributed by atoms with Crippen LogP contribution in [0, 0.1) is 5.82 Å². The van der Waals surface area contributed by atoms with Gasteiger partial charge in [-0.25, -0.2) is 4.39 Å². The van der Waals surface area contributed by atoms with Crippen LogP contribution in [0.15, 0.2) is 60.2 Å². The first-order chi connectivity index (χ1) is 18.4. The van der Waals surface area contributed by atoms with Gasteiger partial charge in [-0.05, 0) is 65.9 Å². The number of phenolic OH excluding ortho intramolecular Hbond substituents is 1. The van der Waals surface area contributed by atoms with Crippen molar-refractivity contribution in [2.75, 3.05) is 18.6 Å². The standard InChI is InChI=1S/C30H29ClFNO6/c1-6-39-24-13-16(7-11-22(24)34)26-25(27(35)19-14-17(30(2,3)4)8-12-23(19)38-5)28(36)29(37)33(26)18-9-10-21(32)20(31)15-18/h7-15,26,34-35H,6H2,1-5H3/b27-25+. The Labute approximate surface area is 231 Å². The molecule has 1 amide bonds. The van der Waals surface area contributed by atoms with Crippen LogP contribution < -0.4 is 14.4 Å². The van der Waals surface area contributed by atoms with E-state index in [9.17, 15) is 24.2 Å². The van der Waals surface area contributed by atoms with Crippen LogP contribution in [0.2, 0.25) is 5.02 Å². The minimum atomic E-state index is -1.16. The maximum atomic E-state index is 14.0. The fraction of sp³-hybridized carbons (Fsp3) is 0.267. The van der Waals surface area contributed by atoms with Crippen molar-refractivity contribution >= 4 is 34.7 Å². The van der Waals surface area contributed by atoms with Gasteiger partial charge in [0.2, 0.25) is 0 Å². The molecular formula is C30H29ClFNO6. The maximum absolute atomic E-state index is 14.0. The van der Waals surface area contributed by atoms with E-state index in [0.717, 1.165) is 16.5 Å². The number of hydrogen-bond donors (Lipinski definition) is 2. The predicted octanol–water partition coefficient (Wildman–Crippen LogP) is 6.52. The molecule has 204 valence electrons. The molecule has 0 aliphatic carbocycles. The van der Waals surface area contributed by atoms with Crippen molar-refractivity contribution in [3.8, 4) is 17.2 Å². The summed E-state index contributed by atoms with van der Waals surface area (Å²) in [5, 5.41) is 21.7. The molecule has 7 nitrogen and oxygen atoms in total. The summed E-state index contributed by atoms with van der Waals surface area (Å²) >= 11 is 6.02. The van der Waals surface area contributed by atoms with Gasteiger partial charge in [0, 0.05) is 5.69 Å². The Balaban J connectivity index is 2.03. The Morgan fingerprint density at radius 1 is 1.05 bits per heavy atom. The number of phenols is 1. The van der Waals surface area contributed by atoms with Crippen LogP contribution >= 0.6 is 11.6 Å². The van der Waals surface area contributed by atoms with Gasteiger partial charge >= 0.3 is 0 Å². The van der Waals surface area contributed by atoms with Crippen LogP contribution in [0.3, 0.4) is 0 Å². The number of Topliss-reactive ketones (excluding diaryl/α,β-unsaturated/α-hetero) is 1. The normalized spacial score (nSPS) is 17.0. The first kappa shape index (κ1) is 28.0. The smallest absolute Gasteiger partial charge is 0.300 e. The average Bonchev–Trinajstić information content (AvgIpc) is 3.16. The molecule has 1 aliphatic rings.